The molecule has 2 heterocycles. The molecular formula is C17H17N3O2S2. The molecule has 24 heavy (non-hydrogen) atoms. The largest absolute Gasteiger partial charge is 0.312 e. The summed E-state index contributed by atoms with van der Waals surface area (Å²) < 4.78 is 1.51. The van der Waals surface area contributed by atoms with Crippen molar-refractivity contribution in [3.8, 4) is 0 Å². The molecule has 1 aromatic carbocycles. The normalized spacial score (nSPS) is 10.9. The van der Waals surface area contributed by atoms with Gasteiger partial charge in [0.2, 0.25) is 5.91 Å². The van der Waals surface area contributed by atoms with E-state index in [9.17, 15) is 9.59 Å². The van der Waals surface area contributed by atoms with E-state index in [-0.39, 0.29) is 17.2 Å². The maximum atomic E-state index is 12.6. The number of amides is 1. The predicted molar refractivity (Wildman–Crippen MR) is 100 cm³/mol. The smallest absolute Gasteiger partial charge is 0.262 e. The first-order valence-electron chi connectivity index (χ1n) is 7.54. The zero-order valence-corrected chi connectivity index (χ0v) is 15.1. The van der Waals surface area contributed by atoms with Gasteiger partial charge in [0.25, 0.3) is 5.56 Å². The highest BCUT2D eigenvalue weighted by Gasteiger charge is 2.16. The summed E-state index contributed by atoms with van der Waals surface area (Å²) in [6.07, 6.45) is 0. The van der Waals surface area contributed by atoms with Gasteiger partial charge in [0.15, 0.2) is 5.16 Å². The van der Waals surface area contributed by atoms with Crippen LogP contribution >= 0.6 is 23.1 Å². The van der Waals surface area contributed by atoms with E-state index in [2.05, 4.69) is 4.98 Å². The molecular weight excluding hydrogens is 342 g/mol. The van der Waals surface area contributed by atoms with Crippen LogP contribution < -0.4 is 10.5 Å². The summed E-state index contributed by atoms with van der Waals surface area (Å²) in [4.78, 5) is 31.8. The fourth-order valence-electron chi connectivity index (χ4n) is 2.42. The van der Waals surface area contributed by atoms with E-state index in [1.807, 2.05) is 42.6 Å². The first kappa shape index (κ1) is 16.7. The monoisotopic (exact) mass is 359 g/mol. The SMILES string of the molecule is CCN(C(=O)CSc1nc2sccc2c(=O)n1C)c1ccccc1. The van der Waals surface area contributed by atoms with E-state index < -0.39 is 0 Å². The highest BCUT2D eigenvalue weighted by Crippen LogP contribution is 2.22. The van der Waals surface area contributed by atoms with E-state index in [1.54, 1.807) is 18.0 Å². The van der Waals surface area contributed by atoms with Gasteiger partial charge in [0, 0.05) is 19.3 Å². The van der Waals surface area contributed by atoms with Crippen molar-refractivity contribution in [1.82, 2.24) is 9.55 Å². The van der Waals surface area contributed by atoms with Crippen molar-refractivity contribution in [2.75, 3.05) is 17.2 Å². The van der Waals surface area contributed by atoms with Crippen molar-refractivity contribution >= 4 is 44.9 Å². The number of para-hydroxylation sites is 1. The number of carbonyl (C=O) groups excluding carboxylic acids is 1. The Morgan fingerprint density at radius 3 is 2.75 bits per heavy atom. The number of aromatic nitrogens is 2. The van der Waals surface area contributed by atoms with Gasteiger partial charge in [0.05, 0.1) is 11.1 Å². The highest BCUT2D eigenvalue weighted by molar-refractivity contribution is 7.99. The number of hydrogen-bond acceptors (Lipinski definition) is 5. The van der Waals surface area contributed by atoms with Crippen LogP contribution in [-0.4, -0.2) is 27.8 Å². The molecule has 124 valence electrons. The number of thioether (sulfide) groups is 1. The summed E-state index contributed by atoms with van der Waals surface area (Å²) in [6.45, 7) is 2.54. The van der Waals surface area contributed by atoms with Crippen LogP contribution in [0, 0.1) is 0 Å². The first-order valence-corrected chi connectivity index (χ1v) is 9.40. The Balaban J connectivity index is 1.79. The Bertz CT molecular complexity index is 918. The minimum atomic E-state index is -0.0772. The lowest BCUT2D eigenvalue weighted by atomic mass is 10.3. The molecule has 1 amide bonds. The molecule has 7 heteroatoms. The van der Waals surface area contributed by atoms with Gasteiger partial charge in [-0.15, -0.1) is 11.3 Å². The molecule has 0 saturated heterocycles. The Morgan fingerprint density at radius 1 is 1.29 bits per heavy atom. The van der Waals surface area contributed by atoms with E-state index in [0.29, 0.717) is 21.9 Å². The second kappa shape index (κ2) is 7.19. The van der Waals surface area contributed by atoms with Crippen LogP contribution in [0.2, 0.25) is 0 Å². The highest BCUT2D eigenvalue weighted by atomic mass is 32.2. The van der Waals surface area contributed by atoms with Gasteiger partial charge in [-0.3, -0.25) is 14.2 Å². The van der Waals surface area contributed by atoms with Crippen LogP contribution in [0.4, 0.5) is 5.69 Å². The van der Waals surface area contributed by atoms with Crippen molar-refractivity contribution in [3.05, 3.63) is 52.1 Å². The van der Waals surface area contributed by atoms with Gasteiger partial charge in [-0.2, -0.15) is 0 Å². The number of thiophene rings is 1. The van der Waals surface area contributed by atoms with E-state index >= 15 is 0 Å². The standard InChI is InChI=1S/C17H17N3O2S2/c1-3-20(12-7-5-4-6-8-12)14(21)11-24-17-18-15-13(9-10-23-15)16(22)19(17)2/h4-10H,3,11H2,1-2H3. The molecule has 0 unspecified atom stereocenters. The molecule has 0 N–H and O–H groups in total. The number of carbonyl (C=O) groups is 1. The van der Waals surface area contributed by atoms with E-state index in [4.69, 9.17) is 0 Å². The van der Waals surface area contributed by atoms with Crippen molar-refractivity contribution in [3.63, 3.8) is 0 Å². The molecule has 3 rings (SSSR count). The molecule has 0 saturated carbocycles. The average molecular weight is 359 g/mol. The van der Waals surface area contributed by atoms with Gasteiger partial charge in [-0.25, -0.2) is 4.98 Å². The van der Waals surface area contributed by atoms with Crippen molar-refractivity contribution in [2.24, 2.45) is 7.05 Å². The maximum Gasteiger partial charge on any atom is 0.262 e. The zero-order chi connectivity index (χ0) is 17.1. The van der Waals surface area contributed by atoms with Crippen LogP contribution in [0.25, 0.3) is 10.2 Å². The predicted octanol–water partition coefficient (Wildman–Crippen LogP) is 3.14. The average Bonchev–Trinajstić information content (AvgIpc) is 3.07. The molecule has 0 fully saturated rings. The summed E-state index contributed by atoms with van der Waals surface area (Å²) in [5.41, 5.74) is 0.799. The maximum absolute atomic E-state index is 12.6. The third-order valence-electron chi connectivity index (χ3n) is 3.67. The molecule has 0 aliphatic heterocycles. The van der Waals surface area contributed by atoms with Gasteiger partial charge < -0.3 is 4.90 Å². The summed E-state index contributed by atoms with van der Waals surface area (Å²) in [5, 5.41) is 3.04. The van der Waals surface area contributed by atoms with Gasteiger partial charge >= 0.3 is 0 Å². The lowest BCUT2D eigenvalue weighted by Gasteiger charge is -2.20. The van der Waals surface area contributed by atoms with Gasteiger partial charge in [-0.05, 0) is 30.5 Å². The Labute approximate surface area is 147 Å². The Kier molecular flexibility index (Phi) is 5.01. The quantitative estimate of drug-likeness (QED) is 0.519. The van der Waals surface area contributed by atoms with Crippen LogP contribution in [-0.2, 0) is 11.8 Å². The lowest BCUT2D eigenvalue weighted by Crippen LogP contribution is -2.32. The number of hydrogen-bond donors (Lipinski definition) is 0. The summed E-state index contributed by atoms with van der Waals surface area (Å²) in [5.74, 6) is 0.231. The summed E-state index contributed by atoms with van der Waals surface area (Å²) in [7, 11) is 1.69. The molecule has 3 aromatic rings. The second-order valence-corrected chi connectivity index (χ2v) is 7.00. The zero-order valence-electron chi connectivity index (χ0n) is 13.4. The third-order valence-corrected chi connectivity index (χ3v) is 5.50. The second-order valence-electron chi connectivity index (χ2n) is 5.16. The van der Waals surface area contributed by atoms with Gasteiger partial charge in [-0.1, -0.05) is 30.0 Å². The number of nitrogens with zero attached hydrogens (tertiary/aromatic N) is 3. The van der Waals surface area contributed by atoms with Crippen molar-refractivity contribution in [2.45, 2.75) is 12.1 Å². The summed E-state index contributed by atoms with van der Waals surface area (Å²) >= 11 is 2.73. The number of fused-ring (bicyclic) bond motifs is 1. The fourth-order valence-corrected chi connectivity index (χ4v) is 4.08. The molecule has 0 radical (unpaired) electrons. The molecule has 0 aliphatic rings. The minimum Gasteiger partial charge on any atom is -0.312 e. The molecule has 2 aromatic heterocycles. The number of benzene rings is 1. The van der Waals surface area contributed by atoms with Crippen LogP contribution in [0.15, 0.2) is 51.7 Å². The lowest BCUT2D eigenvalue weighted by molar-refractivity contribution is -0.116. The fraction of sp³-hybridized carbons (Fsp3) is 0.235. The van der Waals surface area contributed by atoms with Crippen LogP contribution in [0.3, 0.4) is 0 Å². The third kappa shape index (κ3) is 3.22. The minimum absolute atomic E-state index is 0.00535. The molecule has 5 nitrogen and oxygen atoms in total. The van der Waals surface area contributed by atoms with Gasteiger partial charge in [0.1, 0.15) is 4.83 Å². The molecule has 0 bridgehead atoms. The van der Waals surface area contributed by atoms with E-state index in [1.165, 1.54) is 27.7 Å². The summed E-state index contributed by atoms with van der Waals surface area (Å²) in [6, 6.07) is 11.4. The van der Waals surface area contributed by atoms with Crippen molar-refractivity contribution < 1.29 is 4.79 Å². The topological polar surface area (TPSA) is 55.2 Å². The van der Waals surface area contributed by atoms with Crippen LogP contribution in [0.5, 0.6) is 0 Å². The Hall–Kier alpha value is -2.12. The molecule has 0 aliphatic carbocycles. The van der Waals surface area contributed by atoms with E-state index in [0.717, 1.165) is 5.69 Å². The first-order chi connectivity index (χ1) is 11.6. The number of rotatable bonds is 5. The number of anilines is 1. The van der Waals surface area contributed by atoms with Crippen LogP contribution in [0.1, 0.15) is 6.92 Å². The Morgan fingerprint density at radius 2 is 2.04 bits per heavy atom. The molecule has 0 atom stereocenters. The molecule has 0 spiro atoms. The van der Waals surface area contributed by atoms with Crippen molar-refractivity contribution in [1.29, 1.82) is 0 Å².